The van der Waals surface area contributed by atoms with Crippen molar-refractivity contribution in [1.82, 2.24) is 9.97 Å². The zero-order valence-corrected chi connectivity index (χ0v) is 12.6. The van der Waals surface area contributed by atoms with Gasteiger partial charge >= 0.3 is 0 Å². The zero-order valence-electron chi connectivity index (χ0n) is 12.6. The van der Waals surface area contributed by atoms with Gasteiger partial charge in [-0.2, -0.15) is 10.2 Å². The first-order chi connectivity index (χ1) is 9.90. The molecule has 0 radical (unpaired) electrons. The minimum Gasteiger partial charge on any atom is -0.438 e. The Morgan fingerprint density at radius 2 is 1.76 bits per heavy atom. The molecule has 0 saturated heterocycles. The van der Waals surface area contributed by atoms with Crippen LogP contribution in [0.3, 0.4) is 0 Å². The third-order valence-electron chi connectivity index (χ3n) is 3.05. The van der Waals surface area contributed by atoms with Gasteiger partial charge in [-0.15, -0.1) is 0 Å². The van der Waals surface area contributed by atoms with E-state index in [1.807, 2.05) is 27.7 Å². The van der Waals surface area contributed by atoms with Crippen LogP contribution in [0.2, 0.25) is 0 Å². The predicted octanol–water partition coefficient (Wildman–Crippen LogP) is 3.46. The Bertz CT molecular complexity index is 694. The smallest absolute Gasteiger partial charge is 0.224 e. The molecule has 0 atom stereocenters. The number of rotatable bonds is 3. The molecule has 5 nitrogen and oxygen atoms in total. The number of anilines is 1. The molecule has 1 heterocycles. The molecular formula is C16H18N4O. The minimum atomic E-state index is 0.166. The van der Waals surface area contributed by atoms with E-state index in [1.165, 1.54) is 0 Å². The van der Waals surface area contributed by atoms with Gasteiger partial charge in [0.15, 0.2) is 0 Å². The van der Waals surface area contributed by atoms with Crippen molar-refractivity contribution in [2.75, 3.05) is 5.73 Å². The van der Waals surface area contributed by atoms with Crippen LogP contribution in [0.1, 0.15) is 42.3 Å². The van der Waals surface area contributed by atoms with E-state index in [-0.39, 0.29) is 5.92 Å². The fourth-order valence-corrected chi connectivity index (χ4v) is 2.05. The highest BCUT2D eigenvalue weighted by molar-refractivity contribution is 5.49. The largest absolute Gasteiger partial charge is 0.438 e. The summed E-state index contributed by atoms with van der Waals surface area (Å²) in [5.74, 6) is 2.31. The van der Waals surface area contributed by atoms with Crippen molar-refractivity contribution < 1.29 is 4.74 Å². The molecule has 2 N–H and O–H groups in total. The number of benzene rings is 1. The van der Waals surface area contributed by atoms with E-state index in [1.54, 1.807) is 18.2 Å². The van der Waals surface area contributed by atoms with Crippen LogP contribution < -0.4 is 10.5 Å². The van der Waals surface area contributed by atoms with Crippen molar-refractivity contribution in [2.45, 2.75) is 33.6 Å². The van der Waals surface area contributed by atoms with E-state index in [9.17, 15) is 0 Å². The molecule has 1 aromatic carbocycles. The Morgan fingerprint density at radius 3 is 2.29 bits per heavy atom. The van der Waals surface area contributed by atoms with Crippen molar-refractivity contribution in [3.05, 3.63) is 40.7 Å². The van der Waals surface area contributed by atoms with Crippen molar-refractivity contribution in [2.24, 2.45) is 0 Å². The fourth-order valence-electron chi connectivity index (χ4n) is 2.05. The molecule has 0 bridgehead atoms. The summed E-state index contributed by atoms with van der Waals surface area (Å²) in [5.41, 5.74) is 8.18. The predicted molar refractivity (Wildman–Crippen MR) is 81.2 cm³/mol. The number of aryl methyl sites for hydroxylation is 2. The van der Waals surface area contributed by atoms with Gasteiger partial charge in [-0.1, -0.05) is 13.8 Å². The van der Waals surface area contributed by atoms with Crippen LogP contribution in [0.15, 0.2) is 18.2 Å². The molecule has 0 fully saturated rings. The molecule has 108 valence electrons. The first-order valence-electron chi connectivity index (χ1n) is 6.74. The minimum absolute atomic E-state index is 0.166. The Hall–Kier alpha value is -2.61. The molecular weight excluding hydrogens is 264 g/mol. The van der Waals surface area contributed by atoms with Crippen molar-refractivity contribution in [3.63, 3.8) is 0 Å². The molecule has 2 rings (SSSR count). The number of nitriles is 1. The molecule has 0 aliphatic carbocycles. The lowest BCUT2D eigenvalue weighted by atomic mass is 10.1. The zero-order chi connectivity index (χ0) is 15.6. The molecule has 0 spiro atoms. The summed E-state index contributed by atoms with van der Waals surface area (Å²) in [7, 11) is 0. The quantitative estimate of drug-likeness (QED) is 0.931. The summed E-state index contributed by atoms with van der Waals surface area (Å²) in [6.07, 6.45) is 0. The highest BCUT2D eigenvalue weighted by Gasteiger charge is 2.12. The first-order valence-corrected chi connectivity index (χ1v) is 6.74. The van der Waals surface area contributed by atoms with Crippen molar-refractivity contribution >= 4 is 5.82 Å². The summed E-state index contributed by atoms with van der Waals surface area (Å²) >= 11 is 0. The van der Waals surface area contributed by atoms with Crippen molar-refractivity contribution in [1.29, 1.82) is 5.26 Å². The maximum atomic E-state index is 8.97. The number of hydrogen-bond donors (Lipinski definition) is 1. The van der Waals surface area contributed by atoms with Gasteiger partial charge in [0.2, 0.25) is 5.88 Å². The summed E-state index contributed by atoms with van der Waals surface area (Å²) < 4.78 is 5.87. The molecule has 0 amide bonds. The second-order valence-electron chi connectivity index (χ2n) is 5.30. The number of hydrogen-bond acceptors (Lipinski definition) is 5. The van der Waals surface area contributed by atoms with E-state index in [0.717, 1.165) is 11.1 Å². The monoisotopic (exact) mass is 282 g/mol. The highest BCUT2D eigenvalue weighted by Crippen LogP contribution is 2.30. The van der Waals surface area contributed by atoms with E-state index >= 15 is 0 Å². The number of nitrogen functional groups attached to an aromatic ring is 1. The van der Waals surface area contributed by atoms with Crippen molar-refractivity contribution in [3.8, 4) is 17.7 Å². The lowest BCUT2D eigenvalue weighted by molar-refractivity contribution is 0.451. The third-order valence-corrected chi connectivity index (χ3v) is 3.05. The second kappa shape index (κ2) is 5.80. The van der Waals surface area contributed by atoms with Gasteiger partial charge in [0.1, 0.15) is 17.4 Å². The lowest BCUT2D eigenvalue weighted by Crippen LogP contribution is -2.03. The van der Waals surface area contributed by atoms with E-state index in [0.29, 0.717) is 28.8 Å². The van der Waals surface area contributed by atoms with Crippen LogP contribution >= 0.6 is 0 Å². The number of ether oxygens (including phenoxy) is 1. The lowest BCUT2D eigenvalue weighted by Gasteiger charge is -2.13. The van der Waals surface area contributed by atoms with E-state index < -0.39 is 0 Å². The van der Waals surface area contributed by atoms with Gasteiger partial charge in [0.05, 0.1) is 11.6 Å². The molecule has 5 heteroatoms. The highest BCUT2D eigenvalue weighted by atomic mass is 16.5. The van der Waals surface area contributed by atoms with Crippen LogP contribution in [-0.2, 0) is 0 Å². The Balaban J connectivity index is 2.41. The van der Waals surface area contributed by atoms with Gasteiger partial charge in [-0.3, -0.25) is 0 Å². The van der Waals surface area contributed by atoms with Gasteiger partial charge in [-0.25, -0.2) is 4.98 Å². The maximum Gasteiger partial charge on any atom is 0.224 e. The SMILES string of the molecule is Cc1cc(C#N)cc(C)c1Oc1cc(N)nc(C(C)C)n1. The fraction of sp³-hybridized carbons (Fsp3) is 0.312. The standard InChI is InChI=1S/C16H18N4O/c1-9(2)16-19-13(18)7-14(20-16)21-15-10(3)5-12(8-17)6-11(15)4/h5-7,9H,1-4H3,(H2,18,19,20). The summed E-state index contributed by atoms with van der Waals surface area (Å²) in [6, 6.07) is 7.31. The molecule has 0 unspecified atom stereocenters. The number of nitrogens with zero attached hydrogens (tertiary/aromatic N) is 3. The van der Waals surface area contributed by atoms with Crippen LogP contribution in [0, 0.1) is 25.2 Å². The summed E-state index contributed by atoms with van der Waals surface area (Å²) in [6.45, 7) is 7.79. The van der Waals surface area contributed by atoms with E-state index in [2.05, 4.69) is 16.0 Å². The summed E-state index contributed by atoms with van der Waals surface area (Å²) in [5, 5.41) is 8.97. The third kappa shape index (κ3) is 3.29. The Kier molecular flexibility index (Phi) is 4.08. The van der Waals surface area contributed by atoms with Crippen LogP contribution in [-0.4, -0.2) is 9.97 Å². The van der Waals surface area contributed by atoms with Crippen LogP contribution in [0.25, 0.3) is 0 Å². The van der Waals surface area contributed by atoms with E-state index in [4.69, 9.17) is 15.7 Å². The molecule has 0 aliphatic heterocycles. The first kappa shape index (κ1) is 14.8. The molecule has 0 aliphatic rings. The van der Waals surface area contributed by atoms with Gasteiger partial charge < -0.3 is 10.5 Å². The topological polar surface area (TPSA) is 84.8 Å². The van der Waals surface area contributed by atoms with Gasteiger partial charge in [-0.05, 0) is 37.1 Å². The second-order valence-corrected chi connectivity index (χ2v) is 5.30. The van der Waals surface area contributed by atoms with Gasteiger partial charge in [0.25, 0.3) is 0 Å². The Morgan fingerprint density at radius 1 is 1.14 bits per heavy atom. The summed E-state index contributed by atoms with van der Waals surface area (Å²) in [4.78, 5) is 8.57. The van der Waals surface area contributed by atoms with Gasteiger partial charge in [0, 0.05) is 12.0 Å². The Labute approximate surface area is 124 Å². The number of aromatic nitrogens is 2. The molecule has 2 aromatic rings. The average molecular weight is 282 g/mol. The maximum absolute atomic E-state index is 8.97. The normalized spacial score (nSPS) is 10.5. The molecule has 21 heavy (non-hydrogen) atoms. The average Bonchev–Trinajstić information content (AvgIpc) is 2.42. The molecule has 0 saturated carbocycles. The van der Waals surface area contributed by atoms with Crippen LogP contribution in [0.5, 0.6) is 11.6 Å². The number of nitrogens with two attached hydrogens (primary N) is 1. The molecule has 1 aromatic heterocycles. The van der Waals surface area contributed by atoms with Crippen LogP contribution in [0.4, 0.5) is 5.82 Å².